The number of hydrogen-bond donors (Lipinski definition) is 2. The fourth-order valence-corrected chi connectivity index (χ4v) is 2.01. The third-order valence-corrected chi connectivity index (χ3v) is 3.41. The summed E-state index contributed by atoms with van der Waals surface area (Å²) in [5.74, 6) is 0.273. The minimum atomic E-state index is -0.259. The van der Waals surface area contributed by atoms with Gasteiger partial charge >= 0.3 is 0 Å². The molecule has 0 bridgehead atoms. The van der Waals surface area contributed by atoms with Crippen LogP contribution in [-0.4, -0.2) is 22.4 Å². The Morgan fingerprint density at radius 3 is 2.68 bits per heavy atom. The van der Waals surface area contributed by atoms with Crippen LogP contribution in [0.4, 0.5) is 11.6 Å². The van der Waals surface area contributed by atoms with Crippen molar-refractivity contribution in [1.29, 1.82) is 0 Å². The topological polar surface area (TPSA) is 66.9 Å². The van der Waals surface area contributed by atoms with Gasteiger partial charge in [-0.15, -0.1) is 0 Å². The Morgan fingerprint density at radius 2 is 2.00 bits per heavy atom. The Labute approximate surface area is 135 Å². The number of nitrogens with zero attached hydrogens (tertiary/aromatic N) is 2. The number of amides is 1. The van der Waals surface area contributed by atoms with Crippen molar-refractivity contribution in [2.24, 2.45) is 0 Å². The summed E-state index contributed by atoms with van der Waals surface area (Å²) >= 11 is 5.94. The number of halogens is 1. The molecule has 0 fully saturated rings. The molecule has 0 atom stereocenters. The normalized spacial score (nSPS) is 10.3. The van der Waals surface area contributed by atoms with E-state index in [4.69, 9.17) is 11.6 Å². The lowest BCUT2D eigenvalue weighted by molar-refractivity contribution is 0.102. The highest BCUT2D eigenvalue weighted by atomic mass is 35.5. The molecular weight excluding hydrogens is 300 g/mol. The maximum absolute atomic E-state index is 12.2. The van der Waals surface area contributed by atoms with E-state index in [9.17, 15) is 4.79 Å². The number of hydrogen-bond acceptors (Lipinski definition) is 4. The van der Waals surface area contributed by atoms with Gasteiger partial charge < -0.3 is 10.6 Å². The van der Waals surface area contributed by atoms with Crippen molar-refractivity contribution >= 4 is 29.1 Å². The smallest absolute Gasteiger partial charge is 0.258 e. The van der Waals surface area contributed by atoms with Crippen LogP contribution in [0.15, 0.2) is 30.6 Å². The van der Waals surface area contributed by atoms with Crippen LogP contribution in [0.1, 0.15) is 35.7 Å². The van der Waals surface area contributed by atoms with E-state index in [1.807, 2.05) is 13.0 Å². The van der Waals surface area contributed by atoms with Gasteiger partial charge in [-0.25, -0.2) is 9.97 Å². The standard InChI is InChI=1S/C16H19ClN4O/c1-3-4-7-18-16-19-9-12(10-20-16)15(22)21-14-8-13(17)6-5-11(14)2/h5-6,8-10H,3-4,7H2,1-2H3,(H,21,22)(H,18,19,20). The van der Waals surface area contributed by atoms with Gasteiger partial charge in [0, 0.05) is 29.6 Å². The van der Waals surface area contributed by atoms with E-state index in [-0.39, 0.29) is 5.91 Å². The molecule has 5 nitrogen and oxygen atoms in total. The fraction of sp³-hybridized carbons (Fsp3) is 0.312. The minimum absolute atomic E-state index is 0.259. The monoisotopic (exact) mass is 318 g/mol. The van der Waals surface area contributed by atoms with Crippen LogP contribution >= 0.6 is 11.6 Å². The third kappa shape index (κ3) is 4.43. The molecule has 0 saturated carbocycles. The molecule has 2 aromatic rings. The lowest BCUT2D eigenvalue weighted by Crippen LogP contribution is -2.14. The summed E-state index contributed by atoms with van der Waals surface area (Å²) in [7, 11) is 0. The highest BCUT2D eigenvalue weighted by Crippen LogP contribution is 2.20. The second kappa shape index (κ2) is 7.75. The molecule has 1 amide bonds. The number of rotatable bonds is 6. The van der Waals surface area contributed by atoms with Gasteiger partial charge in [-0.05, 0) is 31.0 Å². The molecule has 6 heteroatoms. The highest BCUT2D eigenvalue weighted by molar-refractivity contribution is 6.31. The van der Waals surface area contributed by atoms with Crippen molar-refractivity contribution in [3.63, 3.8) is 0 Å². The molecule has 2 N–H and O–H groups in total. The predicted octanol–water partition coefficient (Wildman–Crippen LogP) is 3.90. The number of benzene rings is 1. The number of nitrogens with one attached hydrogen (secondary N) is 2. The first kappa shape index (κ1) is 16.2. The lowest BCUT2D eigenvalue weighted by atomic mass is 10.2. The number of carbonyl (C=O) groups excluding carboxylic acids is 1. The van der Waals surface area contributed by atoms with E-state index in [1.165, 1.54) is 12.4 Å². The second-order valence-electron chi connectivity index (χ2n) is 4.99. The van der Waals surface area contributed by atoms with Crippen molar-refractivity contribution in [2.75, 3.05) is 17.2 Å². The van der Waals surface area contributed by atoms with Gasteiger partial charge in [0.15, 0.2) is 0 Å². The minimum Gasteiger partial charge on any atom is -0.354 e. The van der Waals surface area contributed by atoms with Gasteiger partial charge in [0.05, 0.1) is 5.56 Å². The van der Waals surface area contributed by atoms with E-state index in [0.717, 1.165) is 24.9 Å². The van der Waals surface area contributed by atoms with Crippen LogP contribution in [0, 0.1) is 6.92 Å². The summed E-state index contributed by atoms with van der Waals surface area (Å²) in [5.41, 5.74) is 2.03. The van der Waals surface area contributed by atoms with Crippen LogP contribution in [0.2, 0.25) is 5.02 Å². The summed E-state index contributed by atoms with van der Waals surface area (Å²) in [6.07, 6.45) is 5.18. The number of unbranched alkanes of at least 4 members (excludes halogenated alkanes) is 1. The summed E-state index contributed by atoms with van der Waals surface area (Å²) in [5, 5.41) is 6.50. The molecule has 0 spiro atoms. The molecule has 0 aliphatic rings. The van der Waals surface area contributed by atoms with Gasteiger partial charge in [0.25, 0.3) is 5.91 Å². The molecule has 0 saturated heterocycles. The van der Waals surface area contributed by atoms with Gasteiger partial charge in [0.1, 0.15) is 0 Å². The molecule has 1 aromatic carbocycles. The molecular formula is C16H19ClN4O. The number of carbonyl (C=O) groups is 1. The average Bonchev–Trinajstić information content (AvgIpc) is 2.52. The summed E-state index contributed by atoms with van der Waals surface area (Å²) < 4.78 is 0. The Balaban J connectivity index is 2.02. The molecule has 1 heterocycles. The molecule has 0 aliphatic heterocycles. The van der Waals surface area contributed by atoms with Crippen LogP contribution in [0.25, 0.3) is 0 Å². The molecule has 2 rings (SSSR count). The Kier molecular flexibility index (Phi) is 5.72. The van der Waals surface area contributed by atoms with Crippen LogP contribution in [0.5, 0.6) is 0 Å². The maximum Gasteiger partial charge on any atom is 0.258 e. The van der Waals surface area contributed by atoms with Crippen molar-refractivity contribution in [3.8, 4) is 0 Å². The first-order valence-electron chi connectivity index (χ1n) is 7.23. The molecule has 0 aliphatic carbocycles. The van der Waals surface area contributed by atoms with Gasteiger partial charge in [0.2, 0.25) is 5.95 Å². The number of aromatic nitrogens is 2. The highest BCUT2D eigenvalue weighted by Gasteiger charge is 2.09. The summed E-state index contributed by atoms with van der Waals surface area (Å²) in [4.78, 5) is 20.5. The van der Waals surface area contributed by atoms with E-state index >= 15 is 0 Å². The van der Waals surface area contributed by atoms with Crippen molar-refractivity contribution in [1.82, 2.24) is 9.97 Å². The van der Waals surface area contributed by atoms with Crippen LogP contribution < -0.4 is 10.6 Å². The SMILES string of the molecule is CCCCNc1ncc(C(=O)Nc2cc(Cl)ccc2C)cn1. The van der Waals surface area contributed by atoms with E-state index in [0.29, 0.717) is 22.2 Å². The molecule has 1 aromatic heterocycles. The zero-order chi connectivity index (χ0) is 15.9. The number of aryl methyl sites for hydroxylation is 1. The van der Waals surface area contributed by atoms with Gasteiger partial charge in [-0.1, -0.05) is 31.0 Å². The molecule has 22 heavy (non-hydrogen) atoms. The molecule has 0 unspecified atom stereocenters. The van der Waals surface area contributed by atoms with E-state index < -0.39 is 0 Å². The average molecular weight is 319 g/mol. The molecule has 116 valence electrons. The van der Waals surface area contributed by atoms with Gasteiger partial charge in [-0.2, -0.15) is 0 Å². The fourth-order valence-electron chi connectivity index (χ4n) is 1.84. The maximum atomic E-state index is 12.2. The van der Waals surface area contributed by atoms with Crippen molar-refractivity contribution < 1.29 is 4.79 Å². The van der Waals surface area contributed by atoms with E-state index in [2.05, 4.69) is 27.5 Å². The Morgan fingerprint density at radius 1 is 1.27 bits per heavy atom. The molecule has 0 radical (unpaired) electrons. The zero-order valence-corrected chi connectivity index (χ0v) is 13.4. The Hall–Kier alpha value is -2.14. The van der Waals surface area contributed by atoms with Crippen LogP contribution in [0.3, 0.4) is 0 Å². The zero-order valence-electron chi connectivity index (χ0n) is 12.7. The van der Waals surface area contributed by atoms with Gasteiger partial charge in [-0.3, -0.25) is 4.79 Å². The van der Waals surface area contributed by atoms with Crippen molar-refractivity contribution in [3.05, 3.63) is 46.7 Å². The Bertz CT molecular complexity index is 643. The van der Waals surface area contributed by atoms with E-state index in [1.54, 1.807) is 12.1 Å². The van der Waals surface area contributed by atoms with Crippen molar-refractivity contribution in [2.45, 2.75) is 26.7 Å². The summed E-state index contributed by atoms with van der Waals surface area (Å²) in [6.45, 7) is 4.85. The van der Waals surface area contributed by atoms with Crippen LogP contribution in [-0.2, 0) is 0 Å². The first-order valence-corrected chi connectivity index (χ1v) is 7.61. The largest absolute Gasteiger partial charge is 0.354 e. The lowest BCUT2D eigenvalue weighted by Gasteiger charge is -2.09. The predicted molar refractivity (Wildman–Crippen MR) is 89.6 cm³/mol. The first-order chi connectivity index (χ1) is 10.6. The quantitative estimate of drug-likeness (QED) is 0.793. The second-order valence-corrected chi connectivity index (χ2v) is 5.43. The number of anilines is 2. The summed E-state index contributed by atoms with van der Waals surface area (Å²) in [6, 6.07) is 5.36. The third-order valence-electron chi connectivity index (χ3n) is 3.18.